The van der Waals surface area contributed by atoms with Crippen molar-refractivity contribution in [1.82, 2.24) is 14.5 Å². The molecule has 0 aliphatic rings. The monoisotopic (exact) mass is 643 g/mol. The van der Waals surface area contributed by atoms with Crippen LogP contribution in [-0.2, 0) is 0 Å². The summed E-state index contributed by atoms with van der Waals surface area (Å²) in [5.74, 6) is 0.700. The molecule has 0 amide bonds. The molecule has 0 saturated heterocycles. The van der Waals surface area contributed by atoms with Gasteiger partial charge in [0.2, 0.25) is 0 Å². The van der Waals surface area contributed by atoms with Crippen molar-refractivity contribution in [3.05, 3.63) is 152 Å². The Hall–Kier alpha value is -6.30. The van der Waals surface area contributed by atoms with Crippen molar-refractivity contribution in [2.45, 2.75) is 0 Å². The van der Waals surface area contributed by atoms with Crippen LogP contribution in [0.1, 0.15) is 0 Å². The summed E-state index contributed by atoms with van der Waals surface area (Å²) in [6.07, 6.45) is 0. The molecule has 228 valence electrons. The second-order valence-electron chi connectivity index (χ2n) is 12.5. The summed E-state index contributed by atoms with van der Waals surface area (Å²) >= 11 is 1.85. The van der Waals surface area contributed by atoms with Crippen LogP contribution in [-0.4, -0.2) is 14.5 Å². The largest absolute Gasteiger partial charge is 0.455 e. The Morgan fingerprint density at radius 3 is 2.14 bits per heavy atom. The molecule has 4 aromatic heterocycles. The van der Waals surface area contributed by atoms with E-state index in [0.29, 0.717) is 5.82 Å². The number of fused-ring (bicyclic) bond motifs is 13. The number of nitrogens with zero attached hydrogens (tertiary/aromatic N) is 3. The third-order valence-electron chi connectivity index (χ3n) is 9.77. The van der Waals surface area contributed by atoms with Gasteiger partial charge >= 0.3 is 0 Å². The molecular weight excluding hydrogens is 619 g/mol. The molecule has 11 aromatic rings. The first-order valence-electron chi connectivity index (χ1n) is 16.4. The lowest BCUT2D eigenvalue weighted by Crippen LogP contribution is -1.98. The summed E-state index contributed by atoms with van der Waals surface area (Å²) in [6, 6.07) is 53.2. The predicted molar refractivity (Wildman–Crippen MR) is 205 cm³/mol. The molecule has 0 N–H and O–H groups in total. The van der Waals surface area contributed by atoms with E-state index in [1.54, 1.807) is 0 Å². The van der Waals surface area contributed by atoms with Crippen LogP contribution >= 0.6 is 11.3 Å². The molecule has 0 radical (unpaired) electrons. The van der Waals surface area contributed by atoms with Crippen LogP contribution in [0.15, 0.2) is 156 Å². The van der Waals surface area contributed by atoms with E-state index in [-0.39, 0.29) is 0 Å². The number of hydrogen-bond donors (Lipinski definition) is 0. The lowest BCUT2D eigenvalue weighted by atomic mass is 10.0. The molecule has 0 atom stereocenters. The summed E-state index contributed by atoms with van der Waals surface area (Å²) in [5, 5.41) is 8.19. The molecule has 5 heteroatoms. The number of furan rings is 1. The first kappa shape index (κ1) is 26.7. The van der Waals surface area contributed by atoms with Crippen molar-refractivity contribution >= 4 is 86.2 Å². The average molecular weight is 644 g/mol. The SMILES string of the molecule is c1ccc(-c2nc(-c3cccc(-n4c5ccccc5c5c6sc7ccccc7c6c6oc7ccccc7c6c54)c3)nc3ccccc23)cc1. The van der Waals surface area contributed by atoms with Gasteiger partial charge in [0.1, 0.15) is 11.2 Å². The van der Waals surface area contributed by atoms with Crippen LogP contribution in [0.4, 0.5) is 0 Å². The van der Waals surface area contributed by atoms with Gasteiger partial charge in [0, 0.05) is 58.5 Å². The van der Waals surface area contributed by atoms with E-state index >= 15 is 0 Å². The Morgan fingerprint density at radius 1 is 0.531 bits per heavy atom. The van der Waals surface area contributed by atoms with Crippen LogP contribution in [0.5, 0.6) is 0 Å². The lowest BCUT2D eigenvalue weighted by Gasteiger charge is -2.12. The highest BCUT2D eigenvalue weighted by atomic mass is 32.1. The molecular formula is C44H25N3OS. The first-order valence-corrected chi connectivity index (χ1v) is 17.2. The Morgan fingerprint density at radius 2 is 1.24 bits per heavy atom. The fourth-order valence-electron chi connectivity index (χ4n) is 7.68. The smallest absolute Gasteiger partial charge is 0.160 e. The van der Waals surface area contributed by atoms with Gasteiger partial charge in [0.15, 0.2) is 5.82 Å². The van der Waals surface area contributed by atoms with Crippen molar-refractivity contribution in [3.63, 3.8) is 0 Å². The van der Waals surface area contributed by atoms with E-state index in [9.17, 15) is 0 Å². The second-order valence-corrected chi connectivity index (χ2v) is 13.6. The van der Waals surface area contributed by atoms with Crippen molar-refractivity contribution < 1.29 is 4.42 Å². The van der Waals surface area contributed by atoms with Crippen molar-refractivity contribution in [2.75, 3.05) is 0 Å². The van der Waals surface area contributed by atoms with Crippen molar-refractivity contribution in [1.29, 1.82) is 0 Å². The normalized spacial score (nSPS) is 12.1. The molecule has 4 nitrogen and oxygen atoms in total. The number of hydrogen-bond acceptors (Lipinski definition) is 4. The van der Waals surface area contributed by atoms with Crippen molar-refractivity contribution in [3.8, 4) is 28.3 Å². The average Bonchev–Trinajstić information content (AvgIpc) is 3.84. The molecule has 0 saturated carbocycles. The molecule has 49 heavy (non-hydrogen) atoms. The minimum atomic E-state index is 0.700. The molecule has 0 unspecified atom stereocenters. The molecule has 11 rings (SSSR count). The highest BCUT2D eigenvalue weighted by molar-refractivity contribution is 7.27. The maximum Gasteiger partial charge on any atom is 0.160 e. The molecule has 7 aromatic carbocycles. The minimum Gasteiger partial charge on any atom is -0.455 e. The third kappa shape index (κ3) is 3.79. The Bertz CT molecular complexity index is 3080. The number of aromatic nitrogens is 3. The number of benzene rings is 7. The van der Waals surface area contributed by atoms with Crippen LogP contribution in [0, 0.1) is 0 Å². The van der Waals surface area contributed by atoms with Crippen LogP contribution in [0.25, 0.3) is 103 Å². The van der Waals surface area contributed by atoms with Gasteiger partial charge in [-0.15, -0.1) is 11.3 Å². The Balaban J connectivity index is 1.26. The van der Waals surface area contributed by atoms with Gasteiger partial charge in [-0.25, -0.2) is 9.97 Å². The van der Waals surface area contributed by atoms with E-state index in [1.807, 2.05) is 23.5 Å². The molecule has 0 aliphatic carbocycles. The van der Waals surface area contributed by atoms with Gasteiger partial charge in [0.25, 0.3) is 0 Å². The number of rotatable bonds is 3. The molecule has 0 bridgehead atoms. The van der Waals surface area contributed by atoms with E-state index in [4.69, 9.17) is 14.4 Å². The molecule has 4 heterocycles. The van der Waals surface area contributed by atoms with E-state index in [2.05, 4.69) is 144 Å². The van der Waals surface area contributed by atoms with Crippen LogP contribution < -0.4 is 0 Å². The quantitative estimate of drug-likeness (QED) is 0.192. The Labute approximate surface area is 284 Å². The molecule has 0 spiro atoms. The zero-order chi connectivity index (χ0) is 32.1. The Kier molecular flexibility index (Phi) is 5.51. The zero-order valence-corrected chi connectivity index (χ0v) is 26.9. The van der Waals surface area contributed by atoms with E-state index < -0.39 is 0 Å². The fourth-order valence-corrected chi connectivity index (χ4v) is 8.94. The topological polar surface area (TPSA) is 43.9 Å². The third-order valence-corrected chi connectivity index (χ3v) is 11.0. The number of para-hydroxylation sites is 3. The number of thiophene rings is 1. The highest BCUT2D eigenvalue weighted by Gasteiger charge is 2.25. The maximum absolute atomic E-state index is 6.79. The minimum absolute atomic E-state index is 0.700. The fraction of sp³-hybridized carbons (Fsp3) is 0. The van der Waals surface area contributed by atoms with Gasteiger partial charge in [-0.05, 0) is 36.4 Å². The summed E-state index contributed by atoms with van der Waals surface area (Å²) in [4.78, 5) is 10.3. The summed E-state index contributed by atoms with van der Waals surface area (Å²) in [6.45, 7) is 0. The van der Waals surface area contributed by atoms with Gasteiger partial charge in [0.05, 0.1) is 27.6 Å². The molecule has 0 aliphatic heterocycles. The predicted octanol–water partition coefficient (Wildman–Crippen LogP) is 12.3. The van der Waals surface area contributed by atoms with E-state index in [0.717, 1.165) is 66.4 Å². The lowest BCUT2D eigenvalue weighted by molar-refractivity contribution is 0.673. The van der Waals surface area contributed by atoms with E-state index in [1.165, 1.54) is 30.9 Å². The van der Waals surface area contributed by atoms with Gasteiger partial charge in [-0.3, -0.25) is 0 Å². The summed E-state index contributed by atoms with van der Waals surface area (Å²) < 4.78 is 11.7. The zero-order valence-electron chi connectivity index (χ0n) is 26.1. The standard InChI is InChI=1S/C44H25N3OS/c1-2-13-26(14-3-1)40-29-17-4-8-21-33(29)45-44(46-40)27-15-12-16-28(25-27)47-34-22-9-5-18-30(34)38-41(47)37-31-19-6-10-23-35(31)48-42(37)39-32-20-7-11-24-36(32)49-43(38)39/h1-25H. The second kappa shape index (κ2) is 10.1. The van der Waals surface area contributed by atoms with Gasteiger partial charge in [-0.2, -0.15) is 0 Å². The maximum atomic E-state index is 6.79. The van der Waals surface area contributed by atoms with Gasteiger partial charge in [-0.1, -0.05) is 115 Å². The summed E-state index contributed by atoms with van der Waals surface area (Å²) in [7, 11) is 0. The van der Waals surface area contributed by atoms with Gasteiger partial charge < -0.3 is 8.98 Å². The van der Waals surface area contributed by atoms with Crippen LogP contribution in [0.2, 0.25) is 0 Å². The highest BCUT2D eigenvalue weighted by Crippen LogP contribution is 2.50. The van der Waals surface area contributed by atoms with Crippen LogP contribution in [0.3, 0.4) is 0 Å². The summed E-state index contributed by atoms with van der Waals surface area (Å²) in [5.41, 5.74) is 9.07. The molecule has 0 fully saturated rings. The van der Waals surface area contributed by atoms with Crippen molar-refractivity contribution in [2.24, 2.45) is 0 Å². The first-order chi connectivity index (χ1) is 24.3.